The standard InChI is InChI=1S/C28H21ClN2O4/c1-2-34-27-15-19(13-23(17-30)21-9-6-11-24(16-21)31(32)33)14-26(29)28(27)35-18-22-10-5-8-20-7-3-4-12-25(20)22/h3-16H,2,18H2,1H3/b23-13-. The van der Waals surface area contributed by atoms with Crippen molar-refractivity contribution in [3.63, 3.8) is 0 Å². The summed E-state index contributed by atoms with van der Waals surface area (Å²) in [5.41, 5.74) is 2.24. The molecule has 35 heavy (non-hydrogen) atoms. The molecule has 4 aromatic carbocycles. The van der Waals surface area contributed by atoms with Crippen molar-refractivity contribution in [3.8, 4) is 17.6 Å². The van der Waals surface area contributed by atoms with Gasteiger partial charge in [0.2, 0.25) is 0 Å². The Kier molecular flexibility index (Phi) is 7.30. The first kappa shape index (κ1) is 23.8. The quantitative estimate of drug-likeness (QED) is 0.112. The van der Waals surface area contributed by atoms with Gasteiger partial charge in [-0.15, -0.1) is 0 Å². The largest absolute Gasteiger partial charge is 0.490 e. The Morgan fingerprint density at radius 2 is 1.83 bits per heavy atom. The summed E-state index contributed by atoms with van der Waals surface area (Å²) in [5.74, 6) is 0.857. The molecule has 0 aliphatic heterocycles. The van der Waals surface area contributed by atoms with E-state index in [4.69, 9.17) is 21.1 Å². The number of ether oxygens (including phenoxy) is 2. The fourth-order valence-corrected chi connectivity index (χ4v) is 4.05. The summed E-state index contributed by atoms with van der Waals surface area (Å²) < 4.78 is 11.9. The molecule has 0 aliphatic carbocycles. The van der Waals surface area contributed by atoms with Crippen LogP contribution >= 0.6 is 11.6 Å². The van der Waals surface area contributed by atoms with E-state index in [0.717, 1.165) is 16.3 Å². The first-order valence-electron chi connectivity index (χ1n) is 10.9. The van der Waals surface area contributed by atoms with Crippen LogP contribution in [0.3, 0.4) is 0 Å². The van der Waals surface area contributed by atoms with Crippen molar-refractivity contribution in [2.45, 2.75) is 13.5 Å². The van der Waals surface area contributed by atoms with Gasteiger partial charge in [0.15, 0.2) is 11.5 Å². The minimum Gasteiger partial charge on any atom is -0.490 e. The summed E-state index contributed by atoms with van der Waals surface area (Å²) in [7, 11) is 0. The van der Waals surface area contributed by atoms with Crippen molar-refractivity contribution in [1.82, 2.24) is 0 Å². The van der Waals surface area contributed by atoms with Crippen LogP contribution in [-0.4, -0.2) is 11.5 Å². The van der Waals surface area contributed by atoms with E-state index in [1.54, 1.807) is 30.3 Å². The minimum atomic E-state index is -0.495. The fraction of sp³-hybridized carbons (Fsp3) is 0.107. The molecule has 0 bridgehead atoms. The van der Waals surface area contributed by atoms with Gasteiger partial charge in [-0.05, 0) is 52.6 Å². The molecule has 0 aliphatic rings. The average Bonchev–Trinajstić information content (AvgIpc) is 2.87. The Morgan fingerprint density at radius 1 is 1.06 bits per heavy atom. The van der Waals surface area contributed by atoms with Crippen LogP contribution in [0.25, 0.3) is 22.4 Å². The number of nitro benzene ring substituents is 1. The predicted molar refractivity (Wildman–Crippen MR) is 137 cm³/mol. The maximum absolute atomic E-state index is 11.1. The molecule has 4 aromatic rings. The summed E-state index contributed by atoms with van der Waals surface area (Å²) in [4.78, 5) is 10.6. The molecule has 174 valence electrons. The van der Waals surface area contributed by atoms with Gasteiger partial charge < -0.3 is 9.47 Å². The molecule has 0 fully saturated rings. The van der Waals surface area contributed by atoms with Gasteiger partial charge in [-0.3, -0.25) is 10.1 Å². The van der Waals surface area contributed by atoms with Crippen LogP contribution in [0.5, 0.6) is 11.5 Å². The topological polar surface area (TPSA) is 85.4 Å². The molecule has 0 atom stereocenters. The van der Waals surface area contributed by atoms with Crippen LogP contribution in [0.4, 0.5) is 5.69 Å². The van der Waals surface area contributed by atoms with E-state index in [0.29, 0.717) is 40.9 Å². The number of rotatable bonds is 8. The van der Waals surface area contributed by atoms with E-state index in [-0.39, 0.29) is 11.3 Å². The minimum absolute atomic E-state index is 0.0890. The van der Waals surface area contributed by atoms with Crippen molar-refractivity contribution in [2.24, 2.45) is 0 Å². The molecule has 4 rings (SSSR count). The zero-order valence-electron chi connectivity index (χ0n) is 18.9. The zero-order valence-corrected chi connectivity index (χ0v) is 19.7. The average molecular weight is 485 g/mol. The maximum Gasteiger partial charge on any atom is 0.270 e. The summed E-state index contributed by atoms with van der Waals surface area (Å²) >= 11 is 6.59. The second kappa shape index (κ2) is 10.7. The van der Waals surface area contributed by atoms with E-state index < -0.39 is 4.92 Å². The molecule has 0 saturated heterocycles. The Balaban J connectivity index is 1.67. The van der Waals surface area contributed by atoms with Gasteiger partial charge >= 0.3 is 0 Å². The van der Waals surface area contributed by atoms with Gasteiger partial charge in [0, 0.05) is 12.1 Å². The highest BCUT2D eigenvalue weighted by molar-refractivity contribution is 6.32. The van der Waals surface area contributed by atoms with Crippen LogP contribution in [0.15, 0.2) is 78.9 Å². The van der Waals surface area contributed by atoms with Crippen molar-refractivity contribution in [1.29, 1.82) is 5.26 Å². The number of benzene rings is 4. The maximum atomic E-state index is 11.1. The highest BCUT2D eigenvalue weighted by Crippen LogP contribution is 2.38. The van der Waals surface area contributed by atoms with Gasteiger partial charge in [0.05, 0.1) is 28.2 Å². The molecular formula is C28H21ClN2O4. The highest BCUT2D eigenvalue weighted by atomic mass is 35.5. The number of hydrogen-bond acceptors (Lipinski definition) is 5. The number of nitriles is 1. The van der Waals surface area contributed by atoms with Gasteiger partial charge in [-0.2, -0.15) is 5.26 Å². The van der Waals surface area contributed by atoms with E-state index in [2.05, 4.69) is 6.07 Å². The lowest BCUT2D eigenvalue weighted by atomic mass is 10.0. The fourth-order valence-electron chi connectivity index (χ4n) is 3.78. The third-order valence-corrected chi connectivity index (χ3v) is 5.66. The first-order chi connectivity index (χ1) is 17.0. The number of halogens is 1. The molecule has 0 N–H and O–H groups in total. The van der Waals surface area contributed by atoms with E-state index >= 15 is 0 Å². The number of allylic oxidation sites excluding steroid dienone is 1. The van der Waals surface area contributed by atoms with Crippen LogP contribution < -0.4 is 9.47 Å². The molecule has 0 unspecified atom stereocenters. The lowest BCUT2D eigenvalue weighted by Crippen LogP contribution is -2.01. The smallest absolute Gasteiger partial charge is 0.270 e. The van der Waals surface area contributed by atoms with E-state index in [1.807, 2.05) is 49.4 Å². The normalized spacial score (nSPS) is 11.2. The van der Waals surface area contributed by atoms with E-state index in [9.17, 15) is 15.4 Å². The summed E-state index contributed by atoms with van der Waals surface area (Å²) in [6.07, 6.45) is 1.61. The van der Waals surface area contributed by atoms with Gasteiger partial charge in [0.1, 0.15) is 6.61 Å². The molecule has 0 radical (unpaired) electrons. The lowest BCUT2D eigenvalue weighted by Gasteiger charge is -2.15. The molecule has 0 heterocycles. The molecule has 0 spiro atoms. The monoisotopic (exact) mass is 484 g/mol. The Labute approximate surface area is 207 Å². The van der Waals surface area contributed by atoms with Crippen molar-refractivity contribution >= 4 is 39.7 Å². The van der Waals surface area contributed by atoms with Gasteiger partial charge in [-0.1, -0.05) is 66.2 Å². The molecule has 7 heteroatoms. The zero-order chi connectivity index (χ0) is 24.8. The number of hydrogen-bond donors (Lipinski definition) is 0. The number of nitrogens with zero attached hydrogens (tertiary/aromatic N) is 2. The molecule has 6 nitrogen and oxygen atoms in total. The van der Waals surface area contributed by atoms with Crippen molar-refractivity contribution in [2.75, 3.05) is 6.61 Å². The third kappa shape index (κ3) is 5.43. The lowest BCUT2D eigenvalue weighted by molar-refractivity contribution is -0.384. The van der Waals surface area contributed by atoms with Gasteiger partial charge in [0.25, 0.3) is 5.69 Å². The Morgan fingerprint density at radius 3 is 2.60 bits per heavy atom. The molecular weight excluding hydrogens is 464 g/mol. The van der Waals surface area contributed by atoms with Crippen LogP contribution in [0, 0.1) is 21.4 Å². The van der Waals surface area contributed by atoms with Crippen LogP contribution in [0.2, 0.25) is 5.02 Å². The first-order valence-corrected chi connectivity index (χ1v) is 11.3. The second-order valence-electron chi connectivity index (χ2n) is 7.67. The highest BCUT2D eigenvalue weighted by Gasteiger charge is 2.15. The van der Waals surface area contributed by atoms with Crippen molar-refractivity contribution < 1.29 is 14.4 Å². The predicted octanol–water partition coefficient (Wildman–Crippen LogP) is 7.44. The molecule has 0 saturated carbocycles. The number of non-ortho nitro benzene ring substituents is 1. The van der Waals surface area contributed by atoms with Crippen LogP contribution in [0.1, 0.15) is 23.6 Å². The SMILES string of the molecule is CCOc1cc(/C=C(/C#N)c2cccc([N+](=O)[O-])c2)cc(Cl)c1OCc1cccc2ccccc12. The summed E-state index contributed by atoms with van der Waals surface area (Å²) in [6.45, 7) is 2.55. The Bertz CT molecular complexity index is 1470. The van der Waals surface area contributed by atoms with E-state index in [1.165, 1.54) is 12.1 Å². The van der Waals surface area contributed by atoms with Gasteiger partial charge in [-0.25, -0.2) is 0 Å². The molecule has 0 aromatic heterocycles. The number of fused-ring (bicyclic) bond motifs is 1. The van der Waals surface area contributed by atoms with Crippen LogP contribution in [-0.2, 0) is 6.61 Å². The third-order valence-electron chi connectivity index (χ3n) is 5.38. The molecule has 0 amide bonds. The summed E-state index contributed by atoms with van der Waals surface area (Å²) in [5, 5.41) is 23.3. The van der Waals surface area contributed by atoms with Crippen molar-refractivity contribution in [3.05, 3.63) is 111 Å². The Hall–Kier alpha value is -4.34. The second-order valence-corrected chi connectivity index (χ2v) is 8.07. The summed E-state index contributed by atoms with van der Waals surface area (Å²) in [6, 6.07) is 25.6. The number of nitro groups is 1.